The summed E-state index contributed by atoms with van der Waals surface area (Å²) >= 11 is 0. The molecule has 3 rings (SSSR count). The van der Waals surface area contributed by atoms with Gasteiger partial charge in [0.2, 0.25) is 0 Å². The molecule has 1 atom stereocenters. The molecule has 0 amide bonds. The van der Waals surface area contributed by atoms with E-state index in [1.807, 2.05) is 0 Å². The Morgan fingerprint density at radius 3 is 2.50 bits per heavy atom. The van der Waals surface area contributed by atoms with Crippen LogP contribution in [-0.4, -0.2) is 36.6 Å². The highest BCUT2D eigenvalue weighted by molar-refractivity contribution is 4.94. The largest absolute Gasteiger partial charge is 0.313 e. The summed E-state index contributed by atoms with van der Waals surface area (Å²) in [6, 6.07) is 1.75. The zero-order chi connectivity index (χ0) is 14.0. The summed E-state index contributed by atoms with van der Waals surface area (Å²) in [6.07, 6.45) is 12.9. The third-order valence-corrected chi connectivity index (χ3v) is 6.19. The monoisotopic (exact) mass is 278 g/mol. The Morgan fingerprint density at radius 1 is 1.10 bits per heavy atom. The minimum Gasteiger partial charge on any atom is -0.313 e. The molecule has 0 aromatic carbocycles. The summed E-state index contributed by atoms with van der Waals surface area (Å²) in [5, 5.41) is 3.86. The molecule has 2 heteroatoms. The Labute approximate surface area is 125 Å². The highest BCUT2D eigenvalue weighted by Crippen LogP contribution is 2.41. The van der Waals surface area contributed by atoms with Crippen LogP contribution in [0.1, 0.15) is 71.6 Å². The molecule has 3 fully saturated rings. The van der Waals surface area contributed by atoms with Crippen LogP contribution in [0.15, 0.2) is 0 Å². The molecule has 0 aromatic heterocycles. The Balaban J connectivity index is 1.61. The molecule has 2 nitrogen and oxygen atoms in total. The van der Waals surface area contributed by atoms with E-state index in [0.717, 1.165) is 18.0 Å². The fourth-order valence-electron chi connectivity index (χ4n) is 4.41. The third-order valence-electron chi connectivity index (χ3n) is 6.19. The molecule has 0 bridgehead atoms. The van der Waals surface area contributed by atoms with Crippen molar-refractivity contribution >= 4 is 0 Å². The van der Waals surface area contributed by atoms with Crippen LogP contribution in [0.2, 0.25) is 0 Å². The van der Waals surface area contributed by atoms with Crippen molar-refractivity contribution in [2.24, 2.45) is 11.3 Å². The van der Waals surface area contributed by atoms with Crippen molar-refractivity contribution in [2.75, 3.05) is 19.6 Å². The second kappa shape index (κ2) is 6.36. The van der Waals surface area contributed by atoms with Crippen LogP contribution in [0, 0.1) is 11.3 Å². The summed E-state index contributed by atoms with van der Waals surface area (Å²) in [7, 11) is 0. The van der Waals surface area contributed by atoms with E-state index < -0.39 is 0 Å². The van der Waals surface area contributed by atoms with Gasteiger partial charge < -0.3 is 5.32 Å². The smallest absolute Gasteiger partial charge is 0.00933 e. The SMILES string of the molecule is CCC1CCCN1CC1(CNC2CC2)CCC(C)CC1. The van der Waals surface area contributed by atoms with Gasteiger partial charge in [-0.05, 0) is 62.8 Å². The van der Waals surface area contributed by atoms with E-state index in [0.29, 0.717) is 5.41 Å². The van der Waals surface area contributed by atoms with Gasteiger partial charge in [0, 0.05) is 25.2 Å². The number of likely N-dealkylation sites (tertiary alicyclic amines) is 1. The van der Waals surface area contributed by atoms with Crippen molar-refractivity contribution in [3.05, 3.63) is 0 Å². The Bertz CT molecular complexity index is 303. The molecular weight excluding hydrogens is 244 g/mol. The summed E-state index contributed by atoms with van der Waals surface area (Å²) < 4.78 is 0. The van der Waals surface area contributed by atoms with Gasteiger partial charge in [-0.25, -0.2) is 0 Å². The van der Waals surface area contributed by atoms with Crippen LogP contribution in [0.3, 0.4) is 0 Å². The Morgan fingerprint density at radius 2 is 1.85 bits per heavy atom. The van der Waals surface area contributed by atoms with Gasteiger partial charge in [-0.3, -0.25) is 4.90 Å². The Kier molecular flexibility index (Phi) is 4.72. The number of nitrogens with one attached hydrogen (secondary N) is 1. The molecule has 0 radical (unpaired) electrons. The van der Waals surface area contributed by atoms with Gasteiger partial charge in [-0.15, -0.1) is 0 Å². The van der Waals surface area contributed by atoms with Crippen LogP contribution in [0.4, 0.5) is 0 Å². The molecule has 1 unspecified atom stereocenters. The molecule has 1 N–H and O–H groups in total. The number of nitrogens with zero attached hydrogens (tertiary/aromatic N) is 1. The highest BCUT2D eigenvalue weighted by atomic mass is 15.2. The normalized spacial score (nSPS) is 39.3. The average Bonchev–Trinajstić information content (AvgIpc) is 3.19. The van der Waals surface area contributed by atoms with Gasteiger partial charge in [0.1, 0.15) is 0 Å². The van der Waals surface area contributed by atoms with Crippen molar-refractivity contribution in [2.45, 2.75) is 83.7 Å². The number of hydrogen-bond donors (Lipinski definition) is 1. The summed E-state index contributed by atoms with van der Waals surface area (Å²) in [6.45, 7) is 8.85. The number of rotatable bonds is 6. The van der Waals surface area contributed by atoms with Gasteiger partial charge in [-0.1, -0.05) is 26.7 Å². The van der Waals surface area contributed by atoms with Crippen LogP contribution < -0.4 is 5.32 Å². The zero-order valence-electron chi connectivity index (χ0n) is 13.7. The predicted molar refractivity (Wildman–Crippen MR) is 86.0 cm³/mol. The van der Waals surface area contributed by atoms with Crippen molar-refractivity contribution in [1.82, 2.24) is 10.2 Å². The first-order valence-electron chi connectivity index (χ1n) is 9.18. The van der Waals surface area contributed by atoms with E-state index in [1.165, 1.54) is 77.4 Å². The van der Waals surface area contributed by atoms with E-state index in [1.54, 1.807) is 0 Å². The molecule has 20 heavy (non-hydrogen) atoms. The Hall–Kier alpha value is -0.0800. The average molecular weight is 278 g/mol. The van der Waals surface area contributed by atoms with Gasteiger partial charge in [0.05, 0.1) is 0 Å². The van der Waals surface area contributed by atoms with E-state index in [4.69, 9.17) is 0 Å². The van der Waals surface area contributed by atoms with E-state index in [-0.39, 0.29) is 0 Å². The maximum atomic E-state index is 3.86. The van der Waals surface area contributed by atoms with Crippen molar-refractivity contribution in [1.29, 1.82) is 0 Å². The minimum atomic E-state index is 0.590. The predicted octanol–water partition coefficient (Wildman–Crippen LogP) is 3.81. The van der Waals surface area contributed by atoms with E-state index >= 15 is 0 Å². The molecule has 2 saturated carbocycles. The fraction of sp³-hybridized carbons (Fsp3) is 1.00. The summed E-state index contributed by atoms with van der Waals surface area (Å²) in [5.74, 6) is 0.963. The van der Waals surface area contributed by atoms with E-state index in [9.17, 15) is 0 Å². The minimum absolute atomic E-state index is 0.590. The maximum absolute atomic E-state index is 3.86. The fourth-order valence-corrected chi connectivity index (χ4v) is 4.41. The molecular formula is C18H34N2. The molecule has 0 aromatic rings. The standard InChI is InChI=1S/C18H34N2/c1-3-17-5-4-12-20(17)14-18(13-19-16-6-7-16)10-8-15(2)9-11-18/h15-17,19H,3-14H2,1-2H3. The van der Waals surface area contributed by atoms with Crippen LogP contribution in [0.25, 0.3) is 0 Å². The molecule has 116 valence electrons. The van der Waals surface area contributed by atoms with Crippen LogP contribution >= 0.6 is 0 Å². The van der Waals surface area contributed by atoms with Crippen molar-refractivity contribution in [3.8, 4) is 0 Å². The van der Waals surface area contributed by atoms with Crippen molar-refractivity contribution < 1.29 is 0 Å². The first kappa shape index (κ1) is 14.8. The second-order valence-electron chi connectivity index (χ2n) is 8.01. The summed E-state index contributed by atoms with van der Waals surface area (Å²) in [5.41, 5.74) is 0.590. The topological polar surface area (TPSA) is 15.3 Å². The van der Waals surface area contributed by atoms with Gasteiger partial charge in [0.25, 0.3) is 0 Å². The van der Waals surface area contributed by atoms with Gasteiger partial charge in [-0.2, -0.15) is 0 Å². The van der Waals surface area contributed by atoms with Crippen LogP contribution in [0.5, 0.6) is 0 Å². The molecule has 1 saturated heterocycles. The van der Waals surface area contributed by atoms with E-state index in [2.05, 4.69) is 24.1 Å². The zero-order valence-corrected chi connectivity index (χ0v) is 13.7. The summed E-state index contributed by atoms with van der Waals surface area (Å²) in [4.78, 5) is 2.84. The molecule has 2 aliphatic carbocycles. The first-order chi connectivity index (χ1) is 9.71. The van der Waals surface area contributed by atoms with Crippen molar-refractivity contribution in [3.63, 3.8) is 0 Å². The lowest BCUT2D eigenvalue weighted by Crippen LogP contribution is -2.47. The molecule has 1 heterocycles. The first-order valence-corrected chi connectivity index (χ1v) is 9.18. The molecule has 0 spiro atoms. The highest BCUT2D eigenvalue weighted by Gasteiger charge is 2.39. The quantitative estimate of drug-likeness (QED) is 0.795. The van der Waals surface area contributed by atoms with Crippen LogP contribution in [-0.2, 0) is 0 Å². The molecule has 1 aliphatic heterocycles. The maximum Gasteiger partial charge on any atom is 0.00933 e. The second-order valence-corrected chi connectivity index (χ2v) is 8.01. The lowest BCUT2D eigenvalue weighted by Gasteiger charge is -2.43. The number of hydrogen-bond acceptors (Lipinski definition) is 2. The lowest BCUT2D eigenvalue weighted by molar-refractivity contribution is 0.0786. The lowest BCUT2D eigenvalue weighted by atomic mass is 9.70. The molecule has 3 aliphatic rings. The third kappa shape index (κ3) is 3.57. The van der Waals surface area contributed by atoms with Gasteiger partial charge >= 0.3 is 0 Å². The van der Waals surface area contributed by atoms with Gasteiger partial charge in [0.15, 0.2) is 0 Å².